The average molecular weight is 476 g/mol. The first-order chi connectivity index (χ1) is 15.2. The van der Waals surface area contributed by atoms with Crippen LogP contribution in [0.15, 0.2) is 107 Å². The van der Waals surface area contributed by atoms with Gasteiger partial charge in [0.05, 0.1) is 5.69 Å². The van der Waals surface area contributed by atoms with Crippen LogP contribution in [-0.2, 0) is 6.61 Å². The molecule has 0 fully saturated rings. The third-order valence-corrected chi connectivity index (χ3v) is 4.92. The molecule has 0 aliphatic heterocycles. The van der Waals surface area contributed by atoms with Gasteiger partial charge in [0.15, 0.2) is 0 Å². The highest BCUT2D eigenvalue weighted by atomic mass is 79.9. The summed E-state index contributed by atoms with van der Waals surface area (Å²) in [5.41, 5.74) is 2.37. The van der Waals surface area contributed by atoms with Crippen LogP contribution in [0.5, 0.6) is 17.2 Å². The Morgan fingerprint density at radius 3 is 2.35 bits per heavy atom. The Morgan fingerprint density at radius 2 is 1.58 bits per heavy atom. The predicted octanol–water partition coefficient (Wildman–Crippen LogP) is 7.71. The monoisotopic (exact) mass is 475 g/mol. The van der Waals surface area contributed by atoms with Crippen LogP contribution in [0.4, 0.5) is 10.1 Å². The fraction of sp³-hybridized carbons (Fsp3) is 0.0385. The number of para-hydroxylation sites is 1. The predicted molar refractivity (Wildman–Crippen MR) is 125 cm³/mol. The molecule has 0 unspecified atom stereocenters. The van der Waals surface area contributed by atoms with Crippen molar-refractivity contribution < 1.29 is 13.9 Å². The van der Waals surface area contributed by atoms with Crippen LogP contribution < -0.4 is 9.47 Å². The lowest BCUT2D eigenvalue weighted by molar-refractivity contribution is 0.305. The standard InChI is InChI=1S/C26H19BrFNO2/c27-21-9-14-26(30-18-19-5-4-6-22(28)15-19)20(16-21)17-29-23-10-12-25(13-11-23)31-24-7-2-1-3-8-24/h1-17H,18H2. The number of halogens is 2. The van der Waals surface area contributed by atoms with Crippen molar-refractivity contribution in [3.05, 3.63) is 118 Å². The van der Waals surface area contributed by atoms with Crippen LogP contribution in [0.1, 0.15) is 11.1 Å². The highest BCUT2D eigenvalue weighted by molar-refractivity contribution is 9.10. The summed E-state index contributed by atoms with van der Waals surface area (Å²) >= 11 is 3.49. The zero-order chi connectivity index (χ0) is 21.5. The molecule has 154 valence electrons. The lowest BCUT2D eigenvalue weighted by atomic mass is 10.2. The smallest absolute Gasteiger partial charge is 0.128 e. The van der Waals surface area contributed by atoms with Gasteiger partial charge in [0.2, 0.25) is 0 Å². The largest absolute Gasteiger partial charge is 0.488 e. The van der Waals surface area contributed by atoms with E-state index in [0.717, 1.165) is 32.8 Å². The van der Waals surface area contributed by atoms with Gasteiger partial charge in [-0.05, 0) is 72.3 Å². The zero-order valence-electron chi connectivity index (χ0n) is 16.5. The minimum absolute atomic E-state index is 0.270. The van der Waals surface area contributed by atoms with Crippen LogP contribution in [0.25, 0.3) is 0 Å². The summed E-state index contributed by atoms with van der Waals surface area (Å²) in [4.78, 5) is 4.55. The van der Waals surface area contributed by atoms with Gasteiger partial charge in [-0.15, -0.1) is 0 Å². The van der Waals surface area contributed by atoms with Crippen LogP contribution in [-0.4, -0.2) is 6.21 Å². The van der Waals surface area contributed by atoms with Crippen molar-refractivity contribution in [2.45, 2.75) is 6.61 Å². The van der Waals surface area contributed by atoms with Gasteiger partial charge >= 0.3 is 0 Å². The first kappa shape index (κ1) is 20.8. The molecule has 0 aliphatic rings. The minimum atomic E-state index is -0.279. The molecule has 4 aromatic carbocycles. The Bertz CT molecular complexity index is 1180. The Labute approximate surface area is 188 Å². The Kier molecular flexibility index (Phi) is 6.75. The maximum Gasteiger partial charge on any atom is 0.128 e. The van der Waals surface area contributed by atoms with E-state index in [1.807, 2.05) is 78.9 Å². The van der Waals surface area contributed by atoms with Gasteiger partial charge in [-0.2, -0.15) is 0 Å². The van der Waals surface area contributed by atoms with Gasteiger partial charge in [-0.1, -0.05) is 46.3 Å². The van der Waals surface area contributed by atoms with Crippen molar-refractivity contribution in [2.24, 2.45) is 4.99 Å². The van der Waals surface area contributed by atoms with Crippen LogP contribution in [0.3, 0.4) is 0 Å². The molecule has 0 bridgehead atoms. The van der Waals surface area contributed by atoms with Crippen molar-refractivity contribution in [1.82, 2.24) is 0 Å². The average Bonchev–Trinajstić information content (AvgIpc) is 2.79. The lowest BCUT2D eigenvalue weighted by Gasteiger charge is -2.10. The third-order valence-electron chi connectivity index (χ3n) is 4.42. The van der Waals surface area contributed by atoms with Crippen molar-refractivity contribution in [1.29, 1.82) is 0 Å². The van der Waals surface area contributed by atoms with E-state index < -0.39 is 0 Å². The summed E-state index contributed by atoms with van der Waals surface area (Å²) in [7, 11) is 0. The van der Waals surface area contributed by atoms with Gasteiger partial charge in [0, 0.05) is 16.3 Å². The fourth-order valence-corrected chi connectivity index (χ4v) is 3.29. The molecule has 0 spiro atoms. The molecule has 0 aromatic heterocycles. The minimum Gasteiger partial charge on any atom is -0.488 e. The summed E-state index contributed by atoms with van der Waals surface area (Å²) in [5.74, 6) is 1.92. The van der Waals surface area contributed by atoms with E-state index in [2.05, 4.69) is 20.9 Å². The lowest BCUT2D eigenvalue weighted by Crippen LogP contribution is -1.99. The zero-order valence-corrected chi connectivity index (χ0v) is 18.1. The highest BCUT2D eigenvalue weighted by Crippen LogP contribution is 2.26. The molecule has 0 atom stereocenters. The van der Waals surface area contributed by atoms with E-state index in [9.17, 15) is 4.39 Å². The maximum atomic E-state index is 13.4. The molecule has 4 aromatic rings. The summed E-state index contributed by atoms with van der Waals surface area (Å²) in [6.45, 7) is 0.270. The number of nitrogens with zero attached hydrogens (tertiary/aromatic N) is 1. The second-order valence-corrected chi connectivity index (χ2v) is 7.68. The number of benzene rings is 4. The SMILES string of the molecule is Fc1cccc(COc2ccc(Br)cc2C=Nc2ccc(Oc3ccccc3)cc2)c1. The highest BCUT2D eigenvalue weighted by Gasteiger charge is 2.05. The molecule has 0 aliphatic carbocycles. The van der Waals surface area contributed by atoms with Gasteiger partial charge in [0.1, 0.15) is 29.7 Å². The van der Waals surface area contributed by atoms with E-state index in [-0.39, 0.29) is 12.4 Å². The molecule has 0 amide bonds. The third kappa shape index (κ3) is 6.03. The Morgan fingerprint density at radius 1 is 0.806 bits per heavy atom. The van der Waals surface area contributed by atoms with E-state index >= 15 is 0 Å². The maximum absolute atomic E-state index is 13.4. The molecule has 0 heterocycles. The normalized spacial score (nSPS) is 10.9. The molecule has 0 saturated heterocycles. The first-order valence-electron chi connectivity index (χ1n) is 9.69. The molecule has 5 heteroatoms. The van der Waals surface area contributed by atoms with E-state index in [4.69, 9.17) is 9.47 Å². The van der Waals surface area contributed by atoms with Crippen LogP contribution in [0.2, 0.25) is 0 Å². The molecule has 0 radical (unpaired) electrons. The number of ether oxygens (including phenoxy) is 2. The second-order valence-electron chi connectivity index (χ2n) is 6.77. The van der Waals surface area contributed by atoms with Crippen molar-refractivity contribution in [2.75, 3.05) is 0 Å². The van der Waals surface area contributed by atoms with Gasteiger partial charge < -0.3 is 9.47 Å². The van der Waals surface area contributed by atoms with Gasteiger partial charge in [-0.25, -0.2) is 4.39 Å². The van der Waals surface area contributed by atoms with Gasteiger partial charge in [-0.3, -0.25) is 4.99 Å². The van der Waals surface area contributed by atoms with E-state index in [0.29, 0.717) is 5.75 Å². The topological polar surface area (TPSA) is 30.8 Å². The molecule has 0 saturated carbocycles. The van der Waals surface area contributed by atoms with Crippen LogP contribution in [0, 0.1) is 5.82 Å². The molecule has 0 N–H and O–H groups in total. The van der Waals surface area contributed by atoms with E-state index in [1.54, 1.807) is 12.3 Å². The number of hydrogen-bond acceptors (Lipinski definition) is 3. The van der Waals surface area contributed by atoms with Crippen molar-refractivity contribution in [3.8, 4) is 17.2 Å². The molecular weight excluding hydrogens is 457 g/mol. The molecular formula is C26H19BrFNO2. The number of aliphatic imine (C=N–C) groups is 1. The fourth-order valence-electron chi connectivity index (χ4n) is 2.91. The summed E-state index contributed by atoms with van der Waals surface area (Å²) in [6.07, 6.45) is 1.75. The molecule has 4 rings (SSSR count). The quantitative estimate of drug-likeness (QED) is 0.256. The van der Waals surface area contributed by atoms with Crippen molar-refractivity contribution in [3.63, 3.8) is 0 Å². The molecule has 3 nitrogen and oxygen atoms in total. The number of hydrogen-bond donors (Lipinski definition) is 0. The number of rotatable bonds is 7. The van der Waals surface area contributed by atoms with Crippen LogP contribution >= 0.6 is 15.9 Å². The summed E-state index contributed by atoms with van der Waals surface area (Å²) < 4.78 is 26.0. The Hall–Kier alpha value is -3.44. The van der Waals surface area contributed by atoms with Crippen molar-refractivity contribution >= 4 is 27.8 Å². The summed E-state index contributed by atoms with van der Waals surface area (Å²) in [5, 5.41) is 0. The first-order valence-corrected chi connectivity index (χ1v) is 10.5. The van der Waals surface area contributed by atoms with Gasteiger partial charge in [0.25, 0.3) is 0 Å². The second kappa shape index (κ2) is 10.0. The van der Waals surface area contributed by atoms with E-state index in [1.165, 1.54) is 12.1 Å². The molecule has 31 heavy (non-hydrogen) atoms. The Balaban J connectivity index is 1.46. The summed E-state index contributed by atoms with van der Waals surface area (Å²) in [6, 6.07) is 29.2.